The molecule has 39 nitrogen and oxygen atoms in total. The minimum absolute atomic E-state index is 0.0265. The van der Waals surface area contributed by atoms with E-state index in [1.165, 1.54) is 24.6 Å². The predicted molar refractivity (Wildman–Crippen MR) is 453 cm³/mol. The summed E-state index contributed by atoms with van der Waals surface area (Å²) >= 11 is 1.46. The molecule has 696 valence electrons. The maximum atomic E-state index is 15.7. The highest BCUT2D eigenvalue weighted by Crippen LogP contribution is 2.49. The molecule has 2 bridgehead atoms. The van der Waals surface area contributed by atoms with Gasteiger partial charge in [0.2, 0.25) is 35.4 Å². The van der Waals surface area contributed by atoms with Crippen LogP contribution in [-0.2, 0) is 102 Å². The van der Waals surface area contributed by atoms with Crippen LogP contribution in [0.1, 0.15) is 152 Å². The minimum atomic E-state index is -1.89. The van der Waals surface area contributed by atoms with E-state index in [-0.39, 0.29) is 129 Å². The van der Waals surface area contributed by atoms with Gasteiger partial charge in [-0.2, -0.15) is 0 Å². The molecule has 0 radical (unpaired) electrons. The maximum absolute atomic E-state index is 15.7. The molecular formula is C86H128N15O24S+. The largest absolute Gasteiger partial charge is 0.394 e. The van der Waals surface area contributed by atoms with Gasteiger partial charge in [-0.05, 0) is 86.0 Å². The topological polar surface area (TPSA) is 528 Å². The number of carbonyl (C=O) groups is 10. The van der Waals surface area contributed by atoms with Crippen LogP contribution in [0.3, 0.4) is 0 Å². The summed E-state index contributed by atoms with van der Waals surface area (Å²) in [5.74, 6) is -6.03. The number of hydrogen-bond donors (Lipinski definition) is 14. The molecule has 24 atom stereocenters. The van der Waals surface area contributed by atoms with Crippen LogP contribution in [0.2, 0.25) is 0 Å². The first kappa shape index (κ1) is 99.2. The number of likely N-dealkylation sites (tertiary alicyclic amines) is 2. The van der Waals surface area contributed by atoms with Crippen molar-refractivity contribution >= 4 is 76.2 Å². The van der Waals surface area contributed by atoms with Crippen molar-refractivity contribution in [2.24, 2.45) is 35.3 Å². The Morgan fingerprint density at radius 3 is 2.16 bits per heavy atom. The highest BCUT2D eigenvalue weighted by atomic mass is 32.1. The molecule has 1 aliphatic carbocycles. The first-order valence-electron chi connectivity index (χ1n) is 43.4. The maximum Gasteiger partial charge on any atom is 0.312 e. The summed E-state index contributed by atoms with van der Waals surface area (Å²) in [6.45, 7) is 11.4. The number of urea groups is 1. The second kappa shape index (κ2) is 45.8. The lowest BCUT2D eigenvalue weighted by molar-refractivity contribution is -0.952. The van der Waals surface area contributed by atoms with Gasteiger partial charge < -0.3 is 121 Å². The van der Waals surface area contributed by atoms with E-state index in [2.05, 4.69) is 47.2 Å². The molecule has 6 aliphatic rings. The Morgan fingerprint density at radius 1 is 0.778 bits per heavy atom. The number of amides is 11. The number of fused-ring (bicyclic) bond motifs is 2. The molecule has 11 amide bonds. The van der Waals surface area contributed by atoms with Crippen molar-refractivity contribution in [2.75, 3.05) is 79.7 Å². The number of aromatic nitrogens is 4. The third kappa shape index (κ3) is 24.3. The van der Waals surface area contributed by atoms with Crippen molar-refractivity contribution in [2.45, 2.75) is 261 Å². The van der Waals surface area contributed by atoms with E-state index in [4.69, 9.17) is 38.9 Å². The normalized spacial score (nSPS) is 26.9. The summed E-state index contributed by atoms with van der Waals surface area (Å²) in [7, 11) is 6.77. The molecule has 0 spiro atoms. The van der Waals surface area contributed by atoms with E-state index >= 15 is 9.59 Å². The summed E-state index contributed by atoms with van der Waals surface area (Å²) in [5.41, 5.74) is 8.04. The van der Waals surface area contributed by atoms with Crippen LogP contribution in [0.15, 0.2) is 78.5 Å². The number of primary amides is 1. The van der Waals surface area contributed by atoms with Crippen molar-refractivity contribution in [3.63, 3.8) is 0 Å². The number of nitrogens with zero attached hydrogens (tertiary/aromatic N) is 8. The number of nitrogens with one attached hydrogen (secondary N) is 6. The van der Waals surface area contributed by atoms with Crippen LogP contribution in [0.25, 0.3) is 0 Å². The van der Waals surface area contributed by atoms with Crippen molar-refractivity contribution in [1.82, 2.24) is 61.3 Å². The smallest absolute Gasteiger partial charge is 0.312 e. The Morgan fingerprint density at radius 2 is 1.50 bits per heavy atom. The van der Waals surface area contributed by atoms with Gasteiger partial charge in [-0.25, -0.2) is 14.5 Å². The third-order valence-corrected chi connectivity index (χ3v) is 26.3. The quantitative estimate of drug-likeness (QED) is 0.0160. The molecular weight excluding hydrogens is 1660 g/mol. The number of thiazole rings is 1. The summed E-state index contributed by atoms with van der Waals surface area (Å²) in [5, 5.41) is 103. The zero-order valence-electron chi connectivity index (χ0n) is 73.4. The lowest BCUT2D eigenvalue weighted by Gasteiger charge is -2.45. The molecule has 126 heavy (non-hydrogen) atoms. The number of nitrogens with two attached hydrogens (primary N) is 1. The van der Waals surface area contributed by atoms with Gasteiger partial charge in [-0.3, -0.25) is 48.1 Å². The molecule has 4 aromatic rings. The lowest BCUT2D eigenvalue weighted by atomic mass is 9.89. The van der Waals surface area contributed by atoms with Crippen molar-refractivity contribution in [3.05, 3.63) is 106 Å². The molecule has 40 heteroatoms. The number of hydrogen-bond acceptors (Lipinski definition) is 28. The summed E-state index contributed by atoms with van der Waals surface area (Å²) in [6.07, 6.45) is -8.56. The van der Waals surface area contributed by atoms with Crippen LogP contribution in [-0.4, -0.2) is 318 Å². The Kier molecular flexibility index (Phi) is 36.1. The molecule has 15 N–H and O–H groups in total. The van der Waals surface area contributed by atoms with Gasteiger partial charge in [0.25, 0.3) is 17.7 Å². The summed E-state index contributed by atoms with van der Waals surface area (Å²) < 4.78 is 42.9. The number of aliphatic hydroxyl groups excluding tert-OH is 7. The summed E-state index contributed by atoms with van der Waals surface area (Å²) in [6, 6.07) is 8.46. The first-order valence-corrected chi connectivity index (χ1v) is 44.3. The fourth-order valence-corrected chi connectivity index (χ4v) is 19.0. The fraction of sp³-hybridized carbons (Fsp3) is 0.663. The van der Waals surface area contributed by atoms with Crippen molar-refractivity contribution in [3.8, 4) is 0 Å². The van der Waals surface area contributed by atoms with Crippen LogP contribution in [0, 0.1) is 29.6 Å². The standard InChI is InChI=1S/C86H127N15O24S/c1-12-48(6)69(60(119-10)39-66(107)98-31-17-21-59(98)76(120-11)49(7)78(113)92-58(82-88-30-35-126-82)36-50-18-14-13-15-19-50)97(8)83(117)68(47(4)5)94-81(116)70-51-23-25-56(38-51)101(70,9)41-52-22-24-54(90-79(114)57(20-16-29-89-86(87)118)91-80(115)67(46(2)3)93-63(104)28-33-121-34-32-99-64(105)26-27-65(99)106)37-53(52)44-122-45-55-40-100(96-95-55)84-74(111)73(110)77(62(43-103)123-84)125-85-75(112)72(109)71(108)61(42-102)124-85/h13-15,18-19,22,24,26-27,30,35,37,40,46-49,51,56-62,67-77,84-85,102-103,108-112H,12,16-17,20-21,23,25,28-29,31-34,36,38-39,41-45H2,1-11H3,(H7-,87,89,90,91,92,93,94,104,113,114,115,116,118)/p+1/t48-,49+,51-,56+,57-,58-,59-,60+,61?,62?,67-,68-,69-,70-,71+,72+,73-,74?,75?,76+,77-,84-,85+,101?/m0/s1. The molecule has 5 fully saturated rings. The number of methoxy groups -OCH3 is 2. The molecule has 4 saturated heterocycles. The van der Waals surface area contributed by atoms with E-state index < -0.39 is 182 Å². The Balaban J connectivity index is 0.861. The van der Waals surface area contributed by atoms with Gasteiger partial charge in [0.1, 0.15) is 84.2 Å². The van der Waals surface area contributed by atoms with E-state index in [1.54, 1.807) is 62.2 Å². The van der Waals surface area contributed by atoms with Gasteiger partial charge in [0, 0.05) is 88.1 Å². The zero-order valence-corrected chi connectivity index (χ0v) is 74.2. The number of ether oxygens (including phenoxy) is 7. The molecule has 10 rings (SSSR count). The monoisotopic (exact) mass is 1790 g/mol. The number of benzene rings is 2. The molecule has 5 aliphatic heterocycles. The molecule has 7 heterocycles. The van der Waals surface area contributed by atoms with Crippen molar-refractivity contribution in [1.29, 1.82) is 0 Å². The van der Waals surface area contributed by atoms with Gasteiger partial charge in [-0.1, -0.05) is 96.5 Å². The van der Waals surface area contributed by atoms with Crippen molar-refractivity contribution < 1.29 is 121 Å². The predicted octanol–water partition coefficient (Wildman–Crippen LogP) is 0.251. The second-order valence-corrected chi connectivity index (χ2v) is 35.5. The molecule has 2 aromatic carbocycles. The second-order valence-electron chi connectivity index (χ2n) is 34.6. The van der Waals surface area contributed by atoms with Crippen LogP contribution in [0.5, 0.6) is 0 Å². The first-order chi connectivity index (χ1) is 60.1. The number of piperidine rings is 1. The van der Waals surface area contributed by atoms with Crippen LogP contribution >= 0.6 is 11.3 Å². The highest BCUT2D eigenvalue weighted by Gasteiger charge is 2.60. The highest BCUT2D eigenvalue weighted by molar-refractivity contribution is 7.09. The molecule has 2 aromatic heterocycles. The van der Waals surface area contributed by atoms with Gasteiger partial charge >= 0.3 is 6.03 Å². The van der Waals surface area contributed by atoms with E-state index in [1.807, 2.05) is 77.4 Å². The molecule has 1 saturated carbocycles. The van der Waals surface area contributed by atoms with Crippen LogP contribution < -0.4 is 37.6 Å². The number of carbonyl (C=O) groups excluding carboxylic acids is 10. The SMILES string of the molecule is CC[C@H](C)[C@@H]([C@@H](CC(=O)N1CCC[C@H]1[C@H](OC)[C@@H](C)C(=O)N[C@@H](Cc1ccccc1)c1nccs1)OC)N(C)C(=O)[C@@H](NC(=O)[C@@H]1[C@H]2CC[C@H](C2)[N+]1(C)Cc1ccc(NC(=O)[C@H](CCCNC(N)=O)NC(=O)[C@@H](NC(=O)CCOCCN2C(=O)C=CC2=O)C(C)C)cc1COCc1cn([C@H]2OC(CO)[C@H](O[C@H]3OC(CO)[C@@H](O)[C@@H](O)C3O)[C@@H](O)C2O)nn1)C(C)C. The number of anilines is 1. The lowest BCUT2D eigenvalue weighted by Crippen LogP contribution is -2.64. The Labute approximate surface area is 737 Å². The number of likely N-dealkylation sites (N-methyl/N-ethyl adjacent to an activating group) is 2. The average Bonchev–Trinajstić information content (AvgIpc) is 1.60. The van der Waals surface area contributed by atoms with Gasteiger partial charge in [-0.15, -0.1) is 16.4 Å². The van der Waals surface area contributed by atoms with E-state index in [0.717, 1.165) is 45.1 Å². The number of imide groups is 1. The van der Waals surface area contributed by atoms with Gasteiger partial charge in [0.15, 0.2) is 18.6 Å². The van der Waals surface area contributed by atoms with E-state index in [9.17, 15) is 74.1 Å². The minimum Gasteiger partial charge on any atom is -0.394 e. The Bertz CT molecular complexity index is 4320. The molecule has 5 unspecified atom stereocenters. The average molecular weight is 1790 g/mol. The number of quaternary nitrogens is 1. The number of rotatable bonds is 46. The zero-order chi connectivity index (χ0) is 91.5. The summed E-state index contributed by atoms with van der Waals surface area (Å²) in [4.78, 5) is 148. The van der Waals surface area contributed by atoms with Gasteiger partial charge in [0.05, 0.1) is 108 Å². The fourth-order valence-electron chi connectivity index (χ4n) is 18.3. The van der Waals surface area contributed by atoms with E-state index in [0.29, 0.717) is 49.8 Å². The Hall–Kier alpha value is -8.95. The third-order valence-electron chi connectivity index (χ3n) is 25.5. The number of aliphatic hydroxyl groups is 7. The van der Waals surface area contributed by atoms with Crippen LogP contribution in [0.4, 0.5) is 10.5 Å².